The summed E-state index contributed by atoms with van der Waals surface area (Å²) in [7, 11) is 7.06. The highest BCUT2D eigenvalue weighted by atomic mass is 127. The predicted molar refractivity (Wildman–Crippen MR) is 128 cm³/mol. The largest absolute Gasteiger partial charge is 0.493 e. The van der Waals surface area contributed by atoms with Crippen LogP contribution in [0, 0.1) is 0 Å². The molecule has 1 heterocycles. The number of rotatable bonds is 8. The number of aryl methyl sites for hydroxylation is 1. The maximum atomic E-state index is 10.6. The molecule has 9 heteroatoms. The van der Waals surface area contributed by atoms with Gasteiger partial charge in [0.05, 0.1) is 38.4 Å². The average Bonchev–Trinajstić information content (AvgIpc) is 3.00. The van der Waals surface area contributed by atoms with Gasteiger partial charge in [0, 0.05) is 32.5 Å². The van der Waals surface area contributed by atoms with Crippen molar-refractivity contribution in [2.45, 2.75) is 19.6 Å². The van der Waals surface area contributed by atoms with Gasteiger partial charge < -0.3 is 29.4 Å². The van der Waals surface area contributed by atoms with Gasteiger partial charge in [-0.05, 0) is 30.7 Å². The fourth-order valence-electron chi connectivity index (χ4n) is 2.85. The SMILES string of the molecule is CCNC(=NCC(O)c1ccc(OC)c(OC)c1)N(C)Cc1cc(Cl)cn1C.I. The number of aromatic nitrogens is 1. The van der Waals surface area contributed by atoms with E-state index >= 15 is 0 Å². The number of ether oxygens (including phenoxy) is 2. The van der Waals surface area contributed by atoms with E-state index in [9.17, 15) is 5.11 Å². The molecule has 1 atom stereocenters. The third-order valence-corrected chi connectivity index (χ3v) is 4.58. The summed E-state index contributed by atoms with van der Waals surface area (Å²) < 4.78 is 12.5. The number of nitrogens with zero attached hydrogens (tertiary/aromatic N) is 3. The lowest BCUT2D eigenvalue weighted by atomic mass is 10.1. The first-order valence-corrected chi connectivity index (χ1v) is 9.47. The Balaban J connectivity index is 0.00000420. The molecular weight excluding hydrogens is 507 g/mol. The van der Waals surface area contributed by atoms with Crippen molar-refractivity contribution in [3.8, 4) is 11.5 Å². The summed E-state index contributed by atoms with van der Waals surface area (Å²) in [5.41, 5.74) is 1.78. The number of aliphatic hydroxyl groups excluding tert-OH is 1. The first-order valence-electron chi connectivity index (χ1n) is 9.09. The molecule has 7 nitrogen and oxygen atoms in total. The van der Waals surface area contributed by atoms with Crippen LogP contribution in [0.15, 0.2) is 35.5 Å². The summed E-state index contributed by atoms with van der Waals surface area (Å²) in [6.45, 7) is 3.59. The Morgan fingerprint density at radius 1 is 1.28 bits per heavy atom. The highest BCUT2D eigenvalue weighted by Gasteiger charge is 2.14. The molecule has 1 aromatic carbocycles. The summed E-state index contributed by atoms with van der Waals surface area (Å²) in [4.78, 5) is 6.58. The molecule has 0 aliphatic rings. The standard InChI is InChI=1S/C20H29ClN4O3.HI/c1-6-22-20(25(3)13-16-10-15(21)12-24(16)2)23-11-17(26)14-7-8-18(27-4)19(9-14)28-5;/h7-10,12,17,26H,6,11,13H2,1-5H3,(H,22,23);1H. The fourth-order valence-corrected chi connectivity index (χ4v) is 3.12. The number of methoxy groups -OCH3 is 2. The molecule has 0 aliphatic carbocycles. The highest BCUT2D eigenvalue weighted by molar-refractivity contribution is 14.0. The molecule has 1 unspecified atom stereocenters. The quantitative estimate of drug-likeness (QED) is 0.307. The van der Waals surface area contributed by atoms with Crippen molar-refractivity contribution in [2.75, 3.05) is 34.4 Å². The van der Waals surface area contributed by atoms with E-state index in [1.165, 1.54) is 0 Å². The van der Waals surface area contributed by atoms with E-state index < -0.39 is 6.10 Å². The Kier molecular flexibility index (Phi) is 10.6. The zero-order chi connectivity index (χ0) is 20.7. The van der Waals surface area contributed by atoms with E-state index in [4.69, 9.17) is 21.1 Å². The van der Waals surface area contributed by atoms with Crippen LogP contribution in [0.25, 0.3) is 0 Å². The van der Waals surface area contributed by atoms with Gasteiger partial charge >= 0.3 is 0 Å². The molecular formula is C20H30ClIN4O3. The zero-order valence-corrected chi connectivity index (χ0v) is 20.6. The van der Waals surface area contributed by atoms with Crippen LogP contribution in [0.4, 0.5) is 0 Å². The first kappa shape index (κ1) is 25.4. The van der Waals surface area contributed by atoms with Crippen LogP contribution in [0.3, 0.4) is 0 Å². The molecule has 0 spiro atoms. The Hall–Kier alpha value is -1.65. The van der Waals surface area contributed by atoms with Crippen LogP contribution < -0.4 is 14.8 Å². The lowest BCUT2D eigenvalue weighted by Gasteiger charge is -2.23. The molecule has 0 bridgehead atoms. The second-order valence-corrected chi connectivity index (χ2v) is 6.88. The third kappa shape index (κ3) is 6.97. The number of aliphatic imine (C=N–C) groups is 1. The van der Waals surface area contributed by atoms with Crippen LogP contribution in [-0.2, 0) is 13.6 Å². The van der Waals surface area contributed by atoms with Crippen molar-refractivity contribution in [2.24, 2.45) is 12.0 Å². The van der Waals surface area contributed by atoms with Gasteiger partial charge in [-0.15, -0.1) is 24.0 Å². The van der Waals surface area contributed by atoms with Gasteiger partial charge in [0.25, 0.3) is 0 Å². The van der Waals surface area contributed by atoms with E-state index in [2.05, 4.69) is 10.3 Å². The molecule has 2 N–H and O–H groups in total. The molecule has 2 aromatic rings. The normalized spacial score (nSPS) is 12.2. The Bertz CT molecular complexity index is 813. The molecule has 0 amide bonds. The molecule has 29 heavy (non-hydrogen) atoms. The maximum Gasteiger partial charge on any atom is 0.194 e. The average molecular weight is 537 g/mol. The van der Waals surface area contributed by atoms with Gasteiger partial charge in [-0.1, -0.05) is 17.7 Å². The van der Waals surface area contributed by atoms with Crippen LogP contribution >= 0.6 is 35.6 Å². The molecule has 2 rings (SSSR count). The van der Waals surface area contributed by atoms with Gasteiger partial charge in [0.15, 0.2) is 17.5 Å². The van der Waals surface area contributed by atoms with Crippen molar-refractivity contribution >= 4 is 41.5 Å². The lowest BCUT2D eigenvalue weighted by Crippen LogP contribution is -2.39. The topological polar surface area (TPSA) is 71.2 Å². The number of guanidine groups is 1. The van der Waals surface area contributed by atoms with Crippen molar-refractivity contribution < 1.29 is 14.6 Å². The van der Waals surface area contributed by atoms with Crippen molar-refractivity contribution in [1.82, 2.24) is 14.8 Å². The molecule has 162 valence electrons. The molecule has 1 aromatic heterocycles. The molecule has 0 fully saturated rings. The minimum Gasteiger partial charge on any atom is -0.493 e. The van der Waals surface area contributed by atoms with Gasteiger partial charge in [-0.3, -0.25) is 4.99 Å². The van der Waals surface area contributed by atoms with Gasteiger partial charge in [0.1, 0.15) is 0 Å². The minimum absolute atomic E-state index is 0. The van der Waals surface area contributed by atoms with Crippen LogP contribution in [-0.4, -0.2) is 54.9 Å². The first-order chi connectivity index (χ1) is 13.4. The summed E-state index contributed by atoms with van der Waals surface area (Å²) in [5, 5.41) is 14.5. The zero-order valence-electron chi connectivity index (χ0n) is 17.5. The number of nitrogens with one attached hydrogen (secondary N) is 1. The van der Waals surface area contributed by atoms with Crippen LogP contribution in [0.2, 0.25) is 5.02 Å². The Labute approximate surface area is 194 Å². The van der Waals surface area contributed by atoms with Crippen molar-refractivity contribution in [3.63, 3.8) is 0 Å². The monoisotopic (exact) mass is 536 g/mol. The summed E-state index contributed by atoms with van der Waals surface area (Å²) in [5.74, 6) is 1.91. The number of hydrogen-bond donors (Lipinski definition) is 2. The summed E-state index contributed by atoms with van der Waals surface area (Å²) in [6, 6.07) is 7.28. The highest BCUT2D eigenvalue weighted by Crippen LogP contribution is 2.30. The van der Waals surface area contributed by atoms with E-state index in [0.29, 0.717) is 34.6 Å². The predicted octanol–water partition coefficient (Wildman–Crippen LogP) is 3.44. The molecule has 0 saturated heterocycles. The second kappa shape index (κ2) is 12.1. The molecule has 0 aliphatic heterocycles. The van der Waals surface area contributed by atoms with Gasteiger partial charge in [-0.25, -0.2) is 0 Å². The van der Waals surface area contributed by atoms with E-state index in [1.807, 2.05) is 48.8 Å². The Morgan fingerprint density at radius 3 is 2.52 bits per heavy atom. The van der Waals surface area contributed by atoms with Gasteiger partial charge in [0.2, 0.25) is 0 Å². The third-order valence-electron chi connectivity index (χ3n) is 4.38. The smallest absolute Gasteiger partial charge is 0.194 e. The second-order valence-electron chi connectivity index (χ2n) is 6.44. The molecule has 0 saturated carbocycles. The summed E-state index contributed by atoms with van der Waals surface area (Å²) in [6.07, 6.45) is 1.11. The Morgan fingerprint density at radius 2 is 1.97 bits per heavy atom. The lowest BCUT2D eigenvalue weighted by molar-refractivity contribution is 0.186. The summed E-state index contributed by atoms with van der Waals surface area (Å²) >= 11 is 6.07. The number of benzene rings is 1. The van der Waals surface area contributed by atoms with E-state index in [0.717, 1.165) is 12.2 Å². The van der Waals surface area contributed by atoms with Crippen LogP contribution in [0.1, 0.15) is 24.3 Å². The van der Waals surface area contributed by atoms with Crippen LogP contribution in [0.5, 0.6) is 11.5 Å². The van der Waals surface area contributed by atoms with Gasteiger partial charge in [-0.2, -0.15) is 0 Å². The van der Waals surface area contributed by atoms with E-state index in [-0.39, 0.29) is 30.5 Å². The molecule has 0 radical (unpaired) electrons. The minimum atomic E-state index is -0.758. The number of aliphatic hydroxyl groups is 1. The fraction of sp³-hybridized carbons (Fsp3) is 0.450. The number of hydrogen-bond acceptors (Lipinski definition) is 4. The maximum absolute atomic E-state index is 10.6. The van der Waals surface area contributed by atoms with E-state index in [1.54, 1.807) is 26.4 Å². The number of halogens is 2. The van der Waals surface area contributed by atoms with Crippen molar-refractivity contribution in [1.29, 1.82) is 0 Å². The van der Waals surface area contributed by atoms with Crippen molar-refractivity contribution in [3.05, 3.63) is 46.7 Å².